The Hall–Kier alpha value is -1.70. The van der Waals surface area contributed by atoms with Crippen molar-refractivity contribution in [2.24, 2.45) is 5.73 Å². The lowest BCUT2D eigenvalue weighted by Crippen LogP contribution is -2.25. The molecular formula is C13H16N2O2. The molecule has 0 aromatic heterocycles. The third-order valence-corrected chi connectivity index (χ3v) is 2.45. The van der Waals surface area contributed by atoms with Gasteiger partial charge in [0.05, 0.1) is 11.6 Å². The highest BCUT2D eigenvalue weighted by Gasteiger charge is 2.11. The number of carbonyl (C=O) groups excluding carboxylic acids is 1. The normalized spacial score (nSPS) is 11.8. The zero-order valence-electron chi connectivity index (χ0n) is 9.85. The van der Waals surface area contributed by atoms with Crippen LogP contribution in [-0.4, -0.2) is 25.5 Å². The molecule has 4 heteroatoms. The van der Waals surface area contributed by atoms with Crippen LogP contribution in [0.4, 0.5) is 0 Å². The lowest BCUT2D eigenvalue weighted by Gasteiger charge is -2.09. The smallest absolute Gasteiger partial charge is 0.164 e. The largest absolute Gasteiger partial charge is 0.385 e. The number of ether oxygens (including phenoxy) is 1. The van der Waals surface area contributed by atoms with Crippen molar-refractivity contribution in [2.75, 3.05) is 13.7 Å². The molecule has 0 heterocycles. The highest BCUT2D eigenvalue weighted by Crippen LogP contribution is 2.09. The highest BCUT2D eigenvalue weighted by atomic mass is 16.5. The number of carbonyl (C=O) groups is 1. The molecule has 0 fully saturated rings. The zero-order valence-corrected chi connectivity index (χ0v) is 9.85. The van der Waals surface area contributed by atoms with Crippen LogP contribution in [0.1, 0.15) is 28.8 Å². The summed E-state index contributed by atoms with van der Waals surface area (Å²) in [7, 11) is 1.60. The second-order valence-electron chi connectivity index (χ2n) is 3.86. The number of nitriles is 1. The van der Waals surface area contributed by atoms with Crippen LogP contribution in [0.5, 0.6) is 0 Å². The number of ketones is 1. The van der Waals surface area contributed by atoms with Crippen molar-refractivity contribution in [3.8, 4) is 6.07 Å². The summed E-state index contributed by atoms with van der Waals surface area (Å²) in [6, 6.07) is 8.46. The average molecular weight is 232 g/mol. The van der Waals surface area contributed by atoms with Gasteiger partial charge in [0, 0.05) is 31.7 Å². The fourth-order valence-electron chi connectivity index (χ4n) is 1.49. The van der Waals surface area contributed by atoms with Crippen LogP contribution in [0.3, 0.4) is 0 Å². The number of nitrogens with zero attached hydrogens (tertiary/aromatic N) is 1. The van der Waals surface area contributed by atoms with E-state index in [9.17, 15) is 4.79 Å². The molecule has 4 nitrogen and oxygen atoms in total. The summed E-state index contributed by atoms with van der Waals surface area (Å²) in [5, 5.41) is 8.74. The van der Waals surface area contributed by atoms with Crippen LogP contribution < -0.4 is 5.73 Å². The molecule has 0 amide bonds. The molecule has 1 atom stereocenters. The van der Waals surface area contributed by atoms with Crippen LogP contribution in [0.15, 0.2) is 24.3 Å². The molecular weight excluding hydrogens is 216 g/mol. The number of nitrogens with two attached hydrogens (primary N) is 1. The molecule has 0 aliphatic rings. The van der Waals surface area contributed by atoms with Crippen LogP contribution in [0, 0.1) is 11.3 Å². The first kappa shape index (κ1) is 13.4. The predicted octanol–water partition coefficient (Wildman–Crippen LogP) is 1.49. The number of benzene rings is 1. The minimum atomic E-state index is -0.201. The van der Waals surface area contributed by atoms with Crippen LogP contribution in [-0.2, 0) is 4.74 Å². The molecule has 2 N–H and O–H groups in total. The van der Waals surface area contributed by atoms with Crippen molar-refractivity contribution in [3.63, 3.8) is 0 Å². The van der Waals surface area contributed by atoms with Gasteiger partial charge in [-0.2, -0.15) is 5.26 Å². The molecule has 0 aliphatic heterocycles. The van der Waals surface area contributed by atoms with E-state index in [4.69, 9.17) is 15.7 Å². The first-order valence-corrected chi connectivity index (χ1v) is 5.45. The summed E-state index contributed by atoms with van der Waals surface area (Å²) < 4.78 is 4.90. The molecule has 1 aromatic rings. The summed E-state index contributed by atoms with van der Waals surface area (Å²) in [6.07, 6.45) is 0.929. The van der Waals surface area contributed by atoms with E-state index in [2.05, 4.69) is 0 Å². The predicted molar refractivity (Wildman–Crippen MR) is 64.6 cm³/mol. The fourth-order valence-corrected chi connectivity index (χ4v) is 1.49. The fraction of sp³-hybridized carbons (Fsp3) is 0.385. The van der Waals surface area contributed by atoms with Crippen molar-refractivity contribution in [2.45, 2.75) is 18.9 Å². The number of hydrogen-bond acceptors (Lipinski definition) is 4. The molecule has 1 unspecified atom stereocenters. The van der Waals surface area contributed by atoms with E-state index in [0.717, 1.165) is 0 Å². The molecule has 0 spiro atoms. The van der Waals surface area contributed by atoms with E-state index < -0.39 is 0 Å². The minimum Gasteiger partial charge on any atom is -0.385 e. The SMILES string of the molecule is COCCC(N)CC(=O)c1cccc(C#N)c1. The Labute approximate surface area is 101 Å². The Morgan fingerprint density at radius 3 is 3.00 bits per heavy atom. The van der Waals surface area contributed by atoms with E-state index in [1.54, 1.807) is 31.4 Å². The van der Waals surface area contributed by atoms with Crippen molar-refractivity contribution in [3.05, 3.63) is 35.4 Å². The maximum absolute atomic E-state index is 11.9. The molecule has 0 saturated heterocycles. The van der Waals surface area contributed by atoms with Gasteiger partial charge in [-0.1, -0.05) is 12.1 Å². The van der Waals surface area contributed by atoms with Gasteiger partial charge >= 0.3 is 0 Å². The molecule has 0 aliphatic carbocycles. The van der Waals surface area contributed by atoms with Gasteiger partial charge in [-0.15, -0.1) is 0 Å². The minimum absolute atomic E-state index is 0.0364. The summed E-state index contributed by atoms with van der Waals surface area (Å²) >= 11 is 0. The number of hydrogen-bond donors (Lipinski definition) is 1. The van der Waals surface area contributed by atoms with Gasteiger partial charge in [-0.05, 0) is 18.6 Å². The van der Waals surface area contributed by atoms with Crippen molar-refractivity contribution in [1.29, 1.82) is 5.26 Å². The third kappa shape index (κ3) is 4.35. The summed E-state index contributed by atoms with van der Waals surface area (Å²) in [6.45, 7) is 0.548. The molecule has 90 valence electrons. The van der Waals surface area contributed by atoms with Crippen molar-refractivity contribution < 1.29 is 9.53 Å². The number of rotatable bonds is 6. The standard InChI is InChI=1S/C13H16N2O2/c1-17-6-5-12(15)8-13(16)11-4-2-3-10(7-11)9-14/h2-4,7,12H,5-6,8,15H2,1H3. The van der Waals surface area contributed by atoms with E-state index in [1.807, 2.05) is 6.07 Å². The summed E-state index contributed by atoms with van der Waals surface area (Å²) in [5.41, 5.74) is 6.83. The van der Waals surface area contributed by atoms with Crippen LogP contribution in [0.2, 0.25) is 0 Å². The van der Waals surface area contributed by atoms with Gasteiger partial charge in [0.2, 0.25) is 0 Å². The third-order valence-electron chi connectivity index (χ3n) is 2.45. The Bertz CT molecular complexity index is 424. The van der Waals surface area contributed by atoms with Gasteiger partial charge in [0.1, 0.15) is 0 Å². The molecule has 1 aromatic carbocycles. The number of methoxy groups -OCH3 is 1. The van der Waals surface area contributed by atoms with E-state index in [1.165, 1.54) is 0 Å². The first-order valence-electron chi connectivity index (χ1n) is 5.45. The second-order valence-corrected chi connectivity index (χ2v) is 3.86. The summed E-state index contributed by atoms with van der Waals surface area (Å²) in [4.78, 5) is 11.9. The van der Waals surface area contributed by atoms with Gasteiger partial charge < -0.3 is 10.5 Å². The topological polar surface area (TPSA) is 76.1 Å². The molecule has 17 heavy (non-hydrogen) atoms. The Balaban J connectivity index is 2.60. The molecule has 0 saturated carbocycles. The maximum atomic E-state index is 11.9. The monoisotopic (exact) mass is 232 g/mol. The second kappa shape index (κ2) is 6.79. The van der Waals surface area contributed by atoms with Gasteiger partial charge in [-0.25, -0.2) is 0 Å². The highest BCUT2D eigenvalue weighted by molar-refractivity contribution is 5.96. The van der Waals surface area contributed by atoms with Crippen LogP contribution in [0.25, 0.3) is 0 Å². The van der Waals surface area contributed by atoms with E-state index >= 15 is 0 Å². The lowest BCUT2D eigenvalue weighted by molar-refractivity contribution is 0.0967. The van der Waals surface area contributed by atoms with E-state index in [0.29, 0.717) is 24.2 Å². The average Bonchev–Trinajstić information content (AvgIpc) is 2.36. The van der Waals surface area contributed by atoms with Crippen molar-refractivity contribution >= 4 is 5.78 Å². The van der Waals surface area contributed by atoms with Crippen LogP contribution >= 0.6 is 0 Å². The Morgan fingerprint density at radius 2 is 2.35 bits per heavy atom. The molecule has 0 bridgehead atoms. The summed E-state index contributed by atoms with van der Waals surface area (Å²) in [5.74, 6) is -0.0364. The lowest BCUT2D eigenvalue weighted by atomic mass is 10.0. The first-order chi connectivity index (χ1) is 8.17. The van der Waals surface area contributed by atoms with Crippen molar-refractivity contribution in [1.82, 2.24) is 0 Å². The van der Waals surface area contributed by atoms with Gasteiger partial charge in [0.25, 0.3) is 0 Å². The Morgan fingerprint density at radius 1 is 1.59 bits per heavy atom. The maximum Gasteiger partial charge on any atom is 0.164 e. The zero-order chi connectivity index (χ0) is 12.7. The molecule has 1 rings (SSSR count). The molecule has 0 radical (unpaired) electrons. The Kier molecular flexibility index (Phi) is 5.34. The van der Waals surface area contributed by atoms with Gasteiger partial charge in [0.15, 0.2) is 5.78 Å². The number of Topliss-reactive ketones (excluding diaryl/α,β-unsaturated/α-hetero) is 1. The van der Waals surface area contributed by atoms with Gasteiger partial charge in [-0.3, -0.25) is 4.79 Å². The van der Waals surface area contributed by atoms with E-state index in [-0.39, 0.29) is 18.2 Å². The quantitative estimate of drug-likeness (QED) is 0.754.